The van der Waals surface area contributed by atoms with Crippen LogP contribution in [0.2, 0.25) is 5.02 Å². The van der Waals surface area contributed by atoms with Gasteiger partial charge in [-0.2, -0.15) is 5.10 Å². The summed E-state index contributed by atoms with van der Waals surface area (Å²) >= 11 is 5.92. The second-order valence-corrected chi connectivity index (χ2v) is 7.10. The van der Waals surface area contributed by atoms with Gasteiger partial charge in [0.05, 0.1) is 12.3 Å². The Kier molecular flexibility index (Phi) is 6.67. The molecule has 6 nitrogen and oxygen atoms in total. The number of aromatic nitrogens is 2. The van der Waals surface area contributed by atoms with Gasteiger partial charge in [-0.3, -0.25) is 9.59 Å². The minimum absolute atomic E-state index is 0.148. The summed E-state index contributed by atoms with van der Waals surface area (Å²) < 4.78 is 7.21. The van der Waals surface area contributed by atoms with Crippen molar-refractivity contribution in [3.63, 3.8) is 0 Å². The van der Waals surface area contributed by atoms with E-state index in [-0.39, 0.29) is 5.69 Å². The summed E-state index contributed by atoms with van der Waals surface area (Å²) in [4.78, 5) is 24.7. The van der Waals surface area contributed by atoms with Gasteiger partial charge in [-0.25, -0.2) is 4.68 Å². The molecule has 0 aliphatic heterocycles. The highest BCUT2D eigenvalue weighted by atomic mass is 35.5. The van der Waals surface area contributed by atoms with Crippen molar-refractivity contribution in [2.24, 2.45) is 0 Å². The molecule has 0 unspecified atom stereocenters. The smallest absolute Gasteiger partial charge is 0.275 e. The number of nitrogens with one attached hydrogen (secondary N) is 1. The molecule has 0 radical (unpaired) electrons. The molecule has 0 aliphatic carbocycles. The average molecular weight is 412 g/mol. The number of carbonyl (C=O) groups is 1. The lowest BCUT2D eigenvalue weighted by molar-refractivity contribution is 0.0943. The van der Waals surface area contributed by atoms with E-state index in [4.69, 9.17) is 16.3 Å². The van der Waals surface area contributed by atoms with E-state index in [0.29, 0.717) is 36.0 Å². The van der Waals surface area contributed by atoms with Crippen LogP contribution < -0.4 is 15.5 Å². The van der Waals surface area contributed by atoms with Gasteiger partial charge in [0.2, 0.25) is 5.43 Å². The molecule has 0 bridgehead atoms. The lowest BCUT2D eigenvalue weighted by Gasteiger charge is -2.11. The Morgan fingerprint density at radius 1 is 1.14 bits per heavy atom. The van der Waals surface area contributed by atoms with Crippen molar-refractivity contribution in [3.05, 3.63) is 86.8 Å². The summed E-state index contributed by atoms with van der Waals surface area (Å²) in [6.07, 6.45) is 0.608. The number of hydrogen-bond acceptors (Lipinski definition) is 4. The number of nitrogens with zero attached hydrogens (tertiary/aromatic N) is 2. The molecule has 0 aliphatic rings. The predicted molar refractivity (Wildman–Crippen MR) is 113 cm³/mol. The summed E-state index contributed by atoms with van der Waals surface area (Å²) in [5.74, 6) is 0.288. The molecule has 29 heavy (non-hydrogen) atoms. The maximum absolute atomic E-state index is 12.4. The van der Waals surface area contributed by atoms with Gasteiger partial charge in [0.15, 0.2) is 5.69 Å². The Balaban J connectivity index is 1.61. The Hall–Kier alpha value is -3.12. The number of benzene rings is 2. The third-order valence-electron chi connectivity index (χ3n) is 4.26. The van der Waals surface area contributed by atoms with Crippen molar-refractivity contribution in [1.82, 2.24) is 15.1 Å². The highest BCUT2D eigenvalue weighted by Crippen LogP contribution is 2.14. The lowest BCUT2D eigenvalue weighted by atomic mass is 10.2. The zero-order valence-corrected chi connectivity index (χ0v) is 17.1. The zero-order chi connectivity index (χ0) is 20.8. The topological polar surface area (TPSA) is 73.2 Å². The third kappa shape index (κ3) is 5.45. The minimum Gasteiger partial charge on any atom is -0.494 e. The molecule has 0 fully saturated rings. The standard InChI is InChI=1S/C22H22ClN3O3/c1-15-5-3-6-19(13-15)29-12-4-11-24-22(28)21-20(27)14-16(2)26(25-21)18-9-7-17(23)8-10-18/h3,5-10,13-14H,4,11-12H2,1-2H3,(H,24,28). The Morgan fingerprint density at radius 2 is 1.90 bits per heavy atom. The van der Waals surface area contributed by atoms with Crippen molar-refractivity contribution < 1.29 is 9.53 Å². The van der Waals surface area contributed by atoms with Crippen LogP contribution in [0.3, 0.4) is 0 Å². The molecule has 0 saturated heterocycles. The first kappa shape index (κ1) is 20.6. The molecule has 1 N–H and O–H groups in total. The van der Waals surface area contributed by atoms with Gasteiger partial charge in [-0.15, -0.1) is 0 Å². The number of aryl methyl sites for hydroxylation is 2. The average Bonchev–Trinajstić information content (AvgIpc) is 2.68. The van der Waals surface area contributed by atoms with Crippen LogP contribution in [0.25, 0.3) is 5.69 Å². The number of ether oxygens (including phenoxy) is 1. The van der Waals surface area contributed by atoms with E-state index in [1.807, 2.05) is 31.2 Å². The maximum Gasteiger partial charge on any atom is 0.275 e. The van der Waals surface area contributed by atoms with E-state index < -0.39 is 11.3 Å². The maximum atomic E-state index is 12.4. The number of halogens is 1. The third-order valence-corrected chi connectivity index (χ3v) is 4.51. The molecule has 3 aromatic rings. The SMILES string of the molecule is Cc1cccc(OCCCNC(=O)c2nn(-c3ccc(Cl)cc3)c(C)cc2=O)c1. The first-order valence-corrected chi connectivity index (χ1v) is 9.66. The summed E-state index contributed by atoms with van der Waals surface area (Å²) in [5, 5.41) is 7.57. The van der Waals surface area contributed by atoms with Gasteiger partial charge in [0.25, 0.3) is 5.91 Å². The minimum atomic E-state index is -0.506. The van der Waals surface area contributed by atoms with Crippen molar-refractivity contribution in [3.8, 4) is 11.4 Å². The normalized spacial score (nSPS) is 10.6. The van der Waals surface area contributed by atoms with E-state index in [1.165, 1.54) is 6.07 Å². The van der Waals surface area contributed by atoms with E-state index in [0.717, 1.165) is 11.3 Å². The van der Waals surface area contributed by atoms with Gasteiger partial charge < -0.3 is 10.1 Å². The first-order valence-electron chi connectivity index (χ1n) is 9.28. The van der Waals surface area contributed by atoms with Crippen LogP contribution in [0, 0.1) is 13.8 Å². The molecular weight excluding hydrogens is 390 g/mol. The van der Waals surface area contributed by atoms with E-state index in [1.54, 1.807) is 35.9 Å². The van der Waals surface area contributed by atoms with Crippen molar-refractivity contribution in [2.45, 2.75) is 20.3 Å². The highest BCUT2D eigenvalue weighted by molar-refractivity contribution is 6.30. The fraction of sp³-hybridized carbons (Fsp3) is 0.227. The van der Waals surface area contributed by atoms with Gasteiger partial charge in [0.1, 0.15) is 5.75 Å². The number of amides is 1. The van der Waals surface area contributed by atoms with Crippen molar-refractivity contribution in [1.29, 1.82) is 0 Å². The molecule has 1 amide bonds. The van der Waals surface area contributed by atoms with Crippen molar-refractivity contribution >= 4 is 17.5 Å². The van der Waals surface area contributed by atoms with Crippen LogP contribution in [0.5, 0.6) is 5.75 Å². The molecule has 150 valence electrons. The lowest BCUT2D eigenvalue weighted by Crippen LogP contribution is -2.33. The van der Waals surface area contributed by atoms with Crippen LogP contribution in [-0.2, 0) is 0 Å². The molecule has 1 heterocycles. The van der Waals surface area contributed by atoms with Crippen LogP contribution in [-0.4, -0.2) is 28.8 Å². The Bertz CT molecular complexity index is 1060. The molecular formula is C22H22ClN3O3. The second-order valence-electron chi connectivity index (χ2n) is 6.66. The van der Waals surface area contributed by atoms with Crippen LogP contribution >= 0.6 is 11.6 Å². The molecule has 2 aromatic carbocycles. The number of hydrogen-bond donors (Lipinski definition) is 1. The summed E-state index contributed by atoms with van der Waals surface area (Å²) in [7, 11) is 0. The second kappa shape index (κ2) is 9.39. The summed E-state index contributed by atoms with van der Waals surface area (Å²) in [5.41, 5.74) is 1.90. The van der Waals surface area contributed by atoms with Gasteiger partial charge in [0, 0.05) is 23.3 Å². The Morgan fingerprint density at radius 3 is 2.62 bits per heavy atom. The van der Waals surface area contributed by atoms with Gasteiger partial charge >= 0.3 is 0 Å². The molecule has 0 atom stereocenters. The zero-order valence-electron chi connectivity index (χ0n) is 16.3. The highest BCUT2D eigenvalue weighted by Gasteiger charge is 2.15. The van der Waals surface area contributed by atoms with Crippen LogP contribution in [0.15, 0.2) is 59.4 Å². The molecule has 0 spiro atoms. The first-order chi connectivity index (χ1) is 13.9. The fourth-order valence-corrected chi connectivity index (χ4v) is 2.93. The summed E-state index contributed by atoms with van der Waals surface area (Å²) in [6, 6.07) is 16.2. The fourth-order valence-electron chi connectivity index (χ4n) is 2.80. The predicted octanol–water partition coefficient (Wildman–Crippen LogP) is 3.70. The van der Waals surface area contributed by atoms with Gasteiger partial charge in [-0.05, 0) is 62.2 Å². The molecule has 7 heteroatoms. The van der Waals surface area contributed by atoms with E-state index >= 15 is 0 Å². The van der Waals surface area contributed by atoms with Crippen molar-refractivity contribution in [2.75, 3.05) is 13.2 Å². The molecule has 1 aromatic heterocycles. The van der Waals surface area contributed by atoms with E-state index in [2.05, 4.69) is 10.4 Å². The number of carbonyl (C=O) groups excluding carboxylic acids is 1. The summed E-state index contributed by atoms with van der Waals surface area (Å²) in [6.45, 7) is 4.59. The quantitative estimate of drug-likeness (QED) is 0.601. The van der Waals surface area contributed by atoms with E-state index in [9.17, 15) is 9.59 Å². The van der Waals surface area contributed by atoms with Crippen LogP contribution in [0.1, 0.15) is 28.2 Å². The van der Waals surface area contributed by atoms with Crippen LogP contribution in [0.4, 0.5) is 0 Å². The monoisotopic (exact) mass is 411 g/mol. The number of rotatable bonds is 7. The van der Waals surface area contributed by atoms with Gasteiger partial charge in [-0.1, -0.05) is 23.7 Å². The largest absolute Gasteiger partial charge is 0.494 e. The molecule has 0 saturated carbocycles. The molecule has 3 rings (SSSR count). The Labute approximate surface area is 174 Å².